The van der Waals surface area contributed by atoms with E-state index in [4.69, 9.17) is 9.47 Å². The molecule has 0 aliphatic rings. The Labute approximate surface area is 123 Å². The summed E-state index contributed by atoms with van der Waals surface area (Å²) in [5.41, 5.74) is 0. The summed E-state index contributed by atoms with van der Waals surface area (Å²) >= 11 is 0. The second-order valence-electron chi connectivity index (χ2n) is 4.70. The lowest BCUT2D eigenvalue weighted by Crippen LogP contribution is -2.08. The van der Waals surface area contributed by atoms with Crippen LogP contribution in [0.15, 0.2) is 66.7 Å². The molecule has 0 bridgehead atoms. The Kier molecular flexibility index (Phi) is 3.92. The molecule has 1 N–H and O–H groups in total. The Balaban J connectivity index is 1.58. The van der Waals surface area contributed by atoms with E-state index in [9.17, 15) is 5.11 Å². The summed E-state index contributed by atoms with van der Waals surface area (Å²) in [4.78, 5) is 0. The molecule has 0 saturated carbocycles. The van der Waals surface area contributed by atoms with Gasteiger partial charge in [-0.3, -0.25) is 0 Å². The van der Waals surface area contributed by atoms with Crippen LogP contribution in [0, 0.1) is 0 Å². The lowest BCUT2D eigenvalue weighted by Gasteiger charge is -2.09. The van der Waals surface area contributed by atoms with Crippen molar-refractivity contribution in [2.75, 3.05) is 13.2 Å². The zero-order valence-corrected chi connectivity index (χ0v) is 11.5. The SMILES string of the molecule is Oc1ccc2ccc(OCCOc3ccccc3)cc2c1. The molecule has 0 amide bonds. The summed E-state index contributed by atoms with van der Waals surface area (Å²) in [6.45, 7) is 0.960. The maximum Gasteiger partial charge on any atom is 0.122 e. The molecule has 0 aliphatic heterocycles. The second-order valence-corrected chi connectivity index (χ2v) is 4.70. The van der Waals surface area contributed by atoms with Gasteiger partial charge in [0.1, 0.15) is 30.5 Å². The molecule has 0 aromatic heterocycles. The molecule has 3 nitrogen and oxygen atoms in total. The quantitative estimate of drug-likeness (QED) is 0.718. The van der Waals surface area contributed by atoms with Crippen molar-refractivity contribution >= 4 is 10.8 Å². The maximum absolute atomic E-state index is 9.50. The van der Waals surface area contributed by atoms with Crippen molar-refractivity contribution in [3.8, 4) is 17.2 Å². The monoisotopic (exact) mass is 280 g/mol. The first-order valence-corrected chi connectivity index (χ1v) is 6.85. The second kappa shape index (κ2) is 6.18. The average molecular weight is 280 g/mol. The van der Waals surface area contributed by atoms with Gasteiger partial charge in [0.05, 0.1) is 0 Å². The van der Waals surface area contributed by atoms with Crippen LogP contribution < -0.4 is 9.47 Å². The third-order valence-corrected chi connectivity index (χ3v) is 3.16. The van der Waals surface area contributed by atoms with E-state index in [-0.39, 0.29) is 5.75 Å². The number of para-hydroxylation sites is 1. The molecule has 0 spiro atoms. The van der Waals surface area contributed by atoms with Gasteiger partial charge < -0.3 is 14.6 Å². The van der Waals surface area contributed by atoms with E-state index in [0.717, 1.165) is 22.3 Å². The van der Waals surface area contributed by atoms with Crippen molar-refractivity contribution in [2.24, 2.45) is 0 Å². The Hall–Kier alpha value is -2.68. The highest BCUT2D eigenvalue weighted by molar-refractivity contribution is 5.85. The number of aromatic hydroxyl groups is 1. The minimum absolute atomic E-state index is 0.257. The molecule has 0 heterocycles. The number of hydrogen-bond acceptors (Lipinski definition) is 3. The number of phenolic OH excluding ortho intramolecular Hbond substituents is 1. The lowest BCUT2D eigenvalue weighted by molar-refractivity contribution is 0.217. The van der Waals surface area contributed by atoms with Crippen LogP contribution in [0.5, 0.6) is 17.2 Å². The standard InChI is InChI=1S/C18H16O3/c19-16-8-6-14-7-9-18(13-15(14)12-16)21-11-10-20-17-4-2-1-3-5-17/h1-9,12-13,19H,10-11H2. The van der Waals surface area contributed by atoms with Crippen LogP contribution in [0.4, 0.5) is 0 Å². The van der Waals surface area contributed by atoms with E-state index in [1.165, 1.54) is 0 Å². The Morgan fingerprint density at radius 3 is 2.19 bits per heavy atom. The first-order valence-electron chi connectivity index (χ1n) is 6.85. The van der Waals surface area contributed by atoms with Gasteiger partial charge >= 0.3 is 0 Å². The molecule has 0 unspecified atom stereocenters. The van der Waals surface area contributed by atoms with Gasteiger partial charge in [0.2, 0.25) is 0 Å². The van der Waals surface area contributed by atoms with Crippen LogP contribution in [0.1, 0.15) is 0 Å². The van der Waals surface area contributed by atoms with Gasteiger partial charge in [-0.15, -0.1) is 0 Å². The summed E-state index contributed by atoms with van der Waals surface area (Å²) in [5.74, 6) is 1.86. The number of hydrogen-bond donors (Lipinski definition) is 1. The first-order chi connectivity index (χ1) is 10.3. The molecule has 0 atom stereocenters. The van der Waals surface area contributed by atoms with Crippen LogP contribution in [0.2, 0.25) is 0 Å². The highest BCUT2D eigenvalue weighted by atomic mass is 16.5. The van der Waals surface area contributed by atoms with Crippen molar-refractivity contribution in [2.45, 2.75) is 0 Å². The summed E-state index contributed by atoms with van der Waals surface area (Å²) in [7, 11) is 0. The number of fused-ring (bicyclic) bond motifs is 1. The Bertz CT molecular complexity index is 723. The van der Waals surface area contributed by atoms with Crippen molar-refractivity contribution in [1.82, 2.24) is 0 Å². The zero-order valence-electron chi connectivity index (χ0n) is 11.5. The smallest absolute Gasteiger partial charge is 0.122 e. The molecular weight excluding hydrogens is 264 g/mol. The summed E-state index contributed by atoms with van der Waals surface area (Å²) in [5, 5.41) is 11.5. The predicted molar refractivity (Wildman–Crippen MR) is 83.0 cm³/mol. The van der Waals surface area contributed by atoms with Crippen molar-refractivity contribution in [3.05, 3.63) is 66.7 Å². The van der Waals surface area contributed by atoms with Crippen LogP contribution >= 0.6 is 0 Å². The fourth-order valence-electron chi connectivity index (χ4n) is 2.14. The third-order valence-electron chi connectivity index (χ3n) is 3.16. The van der Waals surface area contributed by atoms with Gasteiger partial charge in [-0.1, -0.05) is 30.3 Å². The van der Waals surface area contributed by atoms with Crippen LogP contribution in [0.25, 0.3) is 10.8 Å². The van der Waals surface area contributed by atoms with E-state index < -0.39 is 0 Å². The molecule has 3 heteroatoms. The number of ether oxygens (including phenoxy) is 2. The molecule has 3 rings (SSSR count). The highest BCUT2D eigenvalue weighted by Crippen LogP contribution is 2.24. The highest BCUT2D eigenvalue weighted by Gasteiger charge is 1.99. The normalized spacial score (nSPS) is 10.5. The van der Waals surface area contributed by atoms with Crippen molar-refractivity contribution < 1.29 is 14.6 Å². The lowest BCUT2D eigenvalue weighted by atomic mass is 10.1. The fourth-order valence-corrected chi connectivity index (χ4v) is 2.14. The molecule has 0 aliphatic carbocycles. The third kappa shape index (κ3) is 3.45. The molecule has 0 radical (unpaired) electrons. The molecule has 106 valence electrons. The summed E-state index contributed by atoms with van der Waals surface area (Å²) in [6, 6.07) is 20.7. The van der Waals surface area contributed by atoms with E-state index in [1.807, 2.05) is 54.6 Å². The summed E-state index contributed by atoms with van der Waals surface area (Å²) in [6.07, 6.45) is 0. The topological polar surface area (TPSA) is 38.7 Å². The minimum Gasteiger partial charge on any atom is -0.508 e. The maximum atomic E-state index is 9.50. The summed E-state index contributed by atoms with van der Waals surface area (Å²) < 4.78 is 11.2. The number of benzene rings is 3. The van der Waals surface area contributed by atoms with Gasteiger partial charge in [0.25, 0.3) is 0 Å². The first kappa shape index (κ1) is 13.3. The van der Waals surface area contributed by atoms with Crippen molar-refractivity contribution in [1.29, 1.82) is 0 Å². The van der Waals surface area contributed by atoms with Gasteiger partial charge in [0.15, 0.2) is 0 Å². The zero-order chi connectivity index (χ0) is 14.5. The fraction of sp³-hybridized carbons (Fsp3) is 0.111. The molecule has 0 saturated heterocycles. The largest absolute Gasteiger partial charge is 0.508 e. The van der Waals surface area contributed by atoms with Crippen LogP contribution in [-0.4, -0.2) is 18.3 Å². The van der Waals surface area contributed by atoms with Gasteiger partial charge in [-0.05, 0) is 47.2 Å². The Morgan fingerprint density at radius 2 is 1.38 bits per heavy atom. The predicted octanol–water partition coefficient (Wildman–Crippen LogP) is 4.00. The number of phenols is 1. The van der Waals surface area contributed by atoms with E-state index in [2.05, 4.69) is 0 Å². The van der Waals surface area contributed by atoms with Gasteiger partial charge in [-0.25, -0.2) is 0 Å². The van der Waals surface area contributed by atoms with Gasteiger partial charge in [0, 0.05) is 0 Å². The molecule has 3 aromatic carbocycles. The van der Waals surface area contributed by atoms with E-state index >= 15 is 0 Å². The molecule has 21 heavy (non-hydrogen) atoms. The Morgan fingerprint density at radius 1 is 0.667 bits per heavy atom. The molecule has 0 fully saturated rings. The average Bonchev–Trinajstić information content (AvgIpc) is 2.52. The number of rotatable bonds is 5. The van der Waals surface area contributed by atoms with E-state index in [1.54, 1.807) is 12.1 Å². The molecular formula is C18H16O3. The van der Waals surface area contributed by atoms with E-state index in [0.29, 0.717) is 13.2 Å². The van der Waals surface area contributed by atoms with Crippen molar-refractivity contribution in [3.63, 3.8) is 0 Å². The molecule has 3 aromatic rings. The van der Waals surface area contributed by atoms with Gasteiger partial charge in [-0.2, -0.15) is 0 Å². The minimum atomic E-state index is 0.257. The van der Waals surface area contributed by atoms with Crippen LogP contribution in [0.3, 0.4) is 0 Å². The van der Waals surface area contributed by atoms with Crippen LogP contribution in [-0.2, 0) is 0 Å².